The summed E-state index contributed by atoms with van der Waals surface area (Å²) in [7, 11) is -6.00. The second-order valence-electron chi connectivity index (χ2n) is 0.495. The normalized spacial score (nSPS) is 10.0. The molecule has 0 rings (SSSR count). The van der Waals surface area contributed by atoms with E-state index in [9.17, 15) is 17.3 Å². The maximum Gasteiger partial charge on any atom is 2.00 e. The number of halogens is 4. The molecule has 0 radical (unpaired) electrons. The second-order valence-corrected chi connectivity index (χ2v) is 0.495. The van der Waals surface area contributed by atoms with Gasteiger partial charge in [0.25, 0.3) is 0 Å². The number of rotatable bonds is 0. The Morgan fingerprint density at radius 1 is 1.00 bits per heavy atom. The first-order valence-corrected chi connectivity index (χ1v) is 0.873. The van der Waals surface area contributed by atoms with Gasteiger partial charge in [-0.3, -0.25) is 0 Å². The Morgan fingerprint density at radius 3 is 1.00 bits per heavy atom. The molecule has 0 bridgehead atoms. The standard InChI is InChI=1S/BF4.Ba.2H/c2-1(3,4)5;;;/q-1;+2;2*-1. The largest absolute Gasteiger partial charge is 2.00 e. The molecule has 0 amide bonds. The van der Waals surface area contributed by atoms with E-state index in [2.05, 4.69) is 0 Å². The summed E-state index contributed by atoms with van der Waals surface area (Å²) in [6, 6.07) is 0. The van der Waals surface area contributed by atoms with Crippen LogP contribution in [0.4, 0.5) is 17.3 Å². The Labute approximate surface area is 75.4 Å². The van der Waals surface area contributed by atoms with Gasteiger partial charge < -0.3 is 20.1 Å². The Kier molecular flexibility index (Phi) is 5.82. The molecule has 36 valence electrons. The molecule has 0 spiro atoms. The Balaban J connectivity index is -0.0000000267. The van der Waals surface area contributed by atoms with Gasteiger partial charge in [0.2, 0.25) is 0 Å². The van der Waals surface area contributed by atoms with Crippen LogP contribution >= 0.6 is 0 Å². The molecule has 0 heterocycles. The summed E-state index contributed by atoms with van der Waals surface area (Å²) in [5, 5.41) is 0. The van der Waals surface area contributed by atoms with Gasteiger partial charge in [-0.1, -0.05) is 0 Å². The molecule has 0 fully saturated rings. The van der Waals surface area contributed by atoms with Crippen molar-refractivity contribution in [1.82, 2.24) is 0 Å². The van der Waals surface area contributed by atoms with Crippen LogP contribution in [0.25, 0.3) is 0 Å². The summed E-state index contributed by atoms with van der Waals surface area (Å²) in [5.74, 6) is 0. The zero-order valence-corrected chi connectivity index (χ0v) is 7.24. The van der Waals surface area contributed by atoms with Crippen LogP contribution < -0.4 is 0 Å². The van der Waals surface area contributed by atoms with Gasteiger partial charge in [0, 0.05) is 0 Å². The monoisotopic (exact) mass is 227 g/mol. The molecule has 6 heavy (non-hydrogen) atoms. The second kappa shape index (κ2) is 3.37. The van der Waals surface area contributed by atoms with E-state index in [0.29, 0.717) is 0 Å². The Hall–Kier alpha value is 1.36. The smallest absolute Gasteiger partial charge is 1.00 e. The van der Waals surface area contributed by atoms with E-state index in [1.165, 1.54) is 0 Å². The molecule has 6 heteroatoms. The average molecular weight is 226 g/mol. The zero-order chi connectivity index (χ0) is 4.50. The van der Waals surface area contributed by atoms with Crippen molar-refractivity contribution < 1.29 is 20.1 Å². The van der Waals surface area contributed by atoms with Crippen LogP contribution in [0.5, 0.6) is 0 Å². The fourth-order valence-corrected chi connectivity index (χ4v) is 0. The molecule has 0 aromatic heterocycles. The summed E-state index contributed by atoms with van der Waals surface area (Å²) in [6.07, 6.45) is 0. The minimum atomic E-state index is -6.00. The van der Waals surface area contributed by atoms with Crippen molar-refractivity contribution in [3.8, 4) is 0 Å². The van der Waals surface area contributed by atoms with Crippen molar-refractivity contribution in [3.63, 3.8) is 0 Å². The number of hydrogen-bond donors (Lipinski definition) is 0. The van der Waals surface area contributed by atoms with Crippen LogP contribution in [-0.4, -0.2) is 56.1 Å². The molecule has 0 aromatic rings. The molecule has 0 N–H and O–H groups in total. The van der Waals surface area contributed by atoms with Gasteiger partial charge in [0.1, 0.15) is 0 Å². The van der Waals surface area contributed by atoms with E-state index in [4.69, 9.17) is 0 Å². The maximum absolute atomic E-state index is 9.75. The van der Waals surface area contributed by atoms with Gasteiger partial charge >= 0.3 is 56.1 Å². The van der Waals surface area contributed by atoms with E-state index in [1.807, 2.05) is 0 Å². The summed E-state index contributed by atoms with van der Waals surface area (Å²) in [6.45, 7) is 0. The van der Waals surface area contributed by atoms with Crippen LogP contribution in [0.3, 0.4) is 0 Å². The first-order valence-electron chi connectivity index (χ1n) is 0.873. The predicted molar refractivity (Wildman–Crippen MR) is 18.2 cm³/mol. The van der Waals surface area contributed by atoms with Gasteiger partial charge in [-0.25, -0.2) is 0 Å². The summed E-state index contributed by atoms with van der Waals surface area (Å²) in [4.78, 5) is 0. The molecule has 0 nitrogen and oxygen atoms in total. The molecule has 0 unspecified atom stereocenters. The number of hydrogen-bond acceptors (Lipinski definition) is 0. The van der Waals surface area contributed by atoms with E-state index in [-0.39, 0.29) is 51.7 Å². The molecular formula is H2BBaF4-. The fourth-order valence-electron chi connectivity index (χ4n) is 0. The summed E-state index contributed by atoms with van der Waals surface area (Å²) < 4.78 is 39.0. The van der Waals surface area contributed by atoms with E-state index < -0.39 is 7.25 Å². The van der Waals surface area contributed by atoms with E-state index in [0.717, 1.165) is 0 Å². The van der Waals surface area contributed by atoms with E-state index in [1.54, 1.807) is 0 Å². The van der Waals surface area contributed by atoms with Crippen molar-refractivity contribution in [2.45, 2.75) is 0 Å². The van der Waals surface area contributed by atoms with Crippen molar-refractivity contribution in [2.24, 2.45) is 0 Å². The van der Waals surface area contributed by atoms with Gasteiger partial charge in [0.15, 0.2) is 0 Å². The van der Waals surface area contributed by atoms with Gasteiger partial charge in [-0.05, 0) is 0 Å². The third-order valence-corrected chi connectivity index (χ3v) is 0. The third kappa shape index (κ3) is 55.3. The molecule has 0 aromatic carbocycles. The SMILES string of the molecule is F[B-](F)(F)F.[Ba+2].[H-].[H-]. The molecule has 0 atom stereocenters. The first-order chi connectivity index (χ1) is 2.00. The van der Waals surface area contributed by atoms with Crippen molar-refractivity contribution in [3.05, 3.63) is 0 Å². The molecule has 0 aliphatic carbocycles. The Bertz CT molecular complexity index is 29.5. The van der Waals surface area contributed by atoms with Crippen molar-refractivity contribution in [1.29, 1.82) is 0 Å². The fraction of sp³-hybridized carbons (Fsp3) is 0. The van der Waals surface area contributed by atoms with Gasteiger partial charge in [-0.2, -0.15) is 0 Å². The quantitative estimate of drug-likeness (QED) is 0.429. The Morgan fingerprint density at radius 2 is 1.00 bits per heavy atom. The average Bonchev–Trinajstić information content (AvgIpc) is 0.722. The summed E-state index contributed by atoms with van der Waals surface area (Å²) >= 11 is 0. The minimum Gasteiger partial charge on any atom is -1.00 e. The van der Waals surface area contributed by atoms with Crippen LogP contribution in [0, 0.1) is 0 Å². The van der Waals surface area contributed by atoms with Crippen LogP contribution in [0.2, 0.25) is 0 Å². The third-order valence-electron chi connectivity index (χ3n) is 0. The zero-order valence-electron chi connectivity index (χ0n) is 4.80. The molecule has 0 aliphatic rings. The van der Waals surface area contributed by atoms with Crippen LogP contribution in [0.1, 0.15) is 2.85 Å². The van der Waals surface area contributed by atoms with Crippen molar-refractivity contribution in [2.75, 3.05) is 0 Å². The topological polar surface area (TPSA) is 0 Å². The molecule has 0 saturated carbocycles. The maximum atomic E-state index is 9.75. The predicted octanol–water partition coefficient (Wildman–Crippen LogP) is 1.14. The minimum absolute atomic E-state index is 0. The first kappa shape index (κ1) is 10.4. The molecular weight excluding hydrogens is 224 g/mol. The van der Waals surface area contributed by atoms with Gasteiger partial charge in [-0.15, -0.1) is 0 Å². The van der Waals surface area contributed by atoms with E-state index >= 15 is 0 Å². The van der Waals surface area contributed by atoms with Crippen LogP contribution in [0.15, 0.2) is 0 Å². The molecule has 0 saturated heterocycles. The van der Waals surface area contributed by atoms with Gasteiger partial charge in [0.05, 0.1) is 0 Å². The molecule has 0 aliphatic heterocycles. The summed E-state index contributed by atoms with van der Waals surface area (Å²) in [5.41, 5.74) is 0. The van der Waals surface area contributed by atoms with Crippen molar-refractivity contribution >= 4 is 56.1 Å². The van der Waals surface area contributed by atoms with Crippen LogP contribution in [-0.2, 0) is 0 Å².